The van der Waals surface area contributed by atoms with Gasteiger partial charge in [0.15, 0.2) is 0 Å². The Balaban J connectivity index is 1.43. The number of likely N-dealkylation sites (tertiary alicyclic amines) is 1. The molecule has 2 fully saturated rings. The second kappa shape index (κ2) is 8.97. The van der Waals surface area contributed by atoms with E-state index in [9.17, 15) is 9.59 Å². The predicted molar refractivity (Wildman–Crippen MR) is 115 cm³/mol. The summed E-state index contributed by atoms with van der Waals surface area (Å²) in [6, 6.07) is 15.1. The Morgan fingerprint density at radius 1 is 1.07 bits per heavy atom. The van der Waals surface area contributed by atoms with Crippen molar-refractivity contribution in [3.8, 4) is 0 Å². The van der Waals surface area contributed by atoms with Gasteiger partial charge in [0, 0.05) is 28.7 Å². The summed E-state index contributed by atoms with van der Waals surface area (Å²) in [5, 5.41) is 6.68. The summed E-state index contributed by atoms with van der Waals surface area (Å²) in [5.74, 6) is 0.0303. The molecule has 1 unspecified atom stereocenters. The van der Waals surface area contributed by atoms with Gasteiger partial charge in [-0.05, 0) is 74.7 Å². The van der Waals surface area contributed by atoms with E-state index in [-0.39, 0.29) is 23.8 Å². The van der Waals surface area contributed by atoms with Crippen molar-refractivity contribution in [3.63, 3.8) is 0 Å². The molecule has 6 heteroatoms. The summed E-state index contributed by atoms with van der Waals surface area (Å²) in [7, 11) is 0. The highest BCUT2D eigenvalue weighted by atomic mass is 35.5. The maximum Gasteiger partial charge on any atom is 0.251 e. The zero-order valence-electron chi connectivity index (χ0n) is 16.4. The van der Waals surface area contributed by atoms with Crippen LogP contribution in [0.2, 0.25) is 5.02 Å². The summed E-state index contributed by atoms with van der Waals surface area (Å²) in [6.45, 7) is 2.56. The lowest BCUT2D eigenvalue weighted by atomic mass is 10.1. The minimum Gasteiger partial charge on any atom is -0.350 e. The molecule has 29 heavy (non-hydrogen) atoms. The smallest absolute Gasteiger partial charge is 0.251 e. The monoisotopic (exact) mass is 411 g/mol. The summed E-state index contributed by atoms with van der Waals surface area (Å²) in [5.41, 5.74) is 2.33. The average molecular weight is 412 g/mol. The standard InChI is InChI=1S/C23H26ClN3O2/c24-19-7-3-5-17(13-19)21(27-11-1-2-12-27)15-25-22(28)18-6-4-8-20(14-18)26-23(29)16-9-10-16/h3-8,13-14,16,21H,1-2,9-12,15H2,(H,25,28)(H,26,29). The molecule has 1 aliphatic heterocycles. The highest BCUT2D eigenvalue weighted by Gasteiger charge is 2.29. The number of nitrogens with one attached hydrogen (secondary N) is 2. The van der Waals surface area contributed by atoms with Crippen molar-refractivity contribution in [2.45, 2.75) is 31.7 Å². The van der Waals surface area contributed by atoms with Gasteiger partial charge in [-0.2, -0.15) is 0 Å². The van der Waals surface area contributed by atoms with E-state index >= 15 is 0 Å². The lowest BCUT2D eigenvalue weighted by molar-refractivity contribution is -0.117. The Kier molecular flexibility index (Phi) is 6.16. The number of hydrogen-bond acceptors (Lipinski definition) is 3. The zero-order chi connectivity index (χ0) is 20.2. The lowest BCUT2D eigenvalue weighted by Gasteiger charge is -2.28. The molecule has 1 heterocycles. The van der Waals surface area contributed by atoms with Crippen molar-refractivity contribution in [2.24, 2.45) is 5.92 Å². The Morgan fingerprint density at radius 3 is 2.55 bits per heavy atom. The van der Waals surface area contributed by atoms with E-state index in [4.69, 9.17) is 11.6 Å². The molecule has 2 aliphatic rings. The summed E-state index contributed by atoms with van der Waals surface area (Å²) >= 11 is 6.20. The van der Waals surface area contributed by atoms with E-state index in [0.29, 0.717) is 22.8 Å². The fourth-order valence-electron chi connectivity index (χ4n) is 3.84. The third-order valence-corrected chi connectivity index (χ3v) is 5.85. The van der Waals surface area contributed by atoms with Gasteiger partial charge < -0.3 is 10.6 Å². The molecule has 0 spiro atoms. The van der Waals surface area contributed by atoms with Gasteiger partial charge in [0.1, 0.15) is 0 Å². The number of halogens is 1. The first-order valence-electron chi connectivity index (χ1n) is 10.3. The minimum absolute atomic E-state index is 0.0395. The van der Waals surface area contributed by atoms with Crippen LogP contribution in [0.5, 0.6) is 0 Å². The maximum atomic E-state index is 12.8. The first kappa shape index (κ1) is 19.9. The topological polar surface area (TPSA) is 61.4 Å². The SMILES string of the molecule is O=C(NCC(c1cccc(Cl)c1)N1CCCC1)c1cccc(NC(=O)C2CC2)c1. The van der Waals surface area contributed by atoms with E-state index in [1.54, 1.807) is 18.2 Å². The van der Waals surface area contributed by atoms with Crippen molar-refractivity contribution < 1.29 is 9.59 Å². The van der Waals surface area contributed by atoms with Crippen molar-refractivity contribution >= 4 is 29.1 Å². The summed E-state index contributed by atoms with van der Waals surface area (Å²) in [6.07, 6.45) is 4.25. The van der Waals surface area contributed by atoms with Crippen LogP contribution in [0.4, 0.5) is 5.69 Å². The van der Waals surface area contributed by atoms with Crippen LogP contribution in [0.15, 0.2) is 48.5 Å². The molecule has 1 saturated heterocycles. The molecule has 0 radical (unpaired) electrons. The van der Waals surface area contributed by atoms with E-state index in [1.165, 1.54) is 12.8 Å². The molecule has 0 aromatic heterocycles. The Hall–Kier alpha value is -2.37. The number of nitrogens with zero attached hydrogens (tertiary/aromatic N) is 1. The van der Waals surface area contributed by atoms with Crippen molar-refractivity contribution in [2.75, 3.05) is 25.0 Å². The molecule has 5 nitrogen and oxygen atoms in total. The first-order chi connectivity index (χ1) is 14.1. The minimum atomic E-state index is -0.140. The Labute approximate surface area is 176 Å². The molecule has 152 valence electrons. The van der Waals surface area contributed by atoms with Gasteiger partial charge in [-0.25, -0.2) is 0 Å². The summed E-state index contributed by atoms with van der Waals surface area (Å²) < 4.78 is 0. The molecule has 4 rings (SSSR count). The van der Waals surface area contributed by atoms with Gasteiger partial charge in [-0.15, -0.1) is 0 Å². The van der Waals surface area contributed by atoms with Gasteiger partial charge in [-0.3, -0.25) is 14.5 Å². The molecule has 1 aliphatic carbocycles. The number of anilines is 1. The highest BCUT2D eigenvalue weighted by molar-refractivity contribution is 6.30. The Bertz CT molecular complexity index is 891. The average Bonchev–Trinajstić information content (AvgIpc) is 3.44. The molecule has 0 bridgehead atoms. The Morgan fingerprint density at radius 2 is 1.83 bits per heavy atom. The van der Waals surface area contributed by atoms with Crippen LogP contribution in [0.25, 0.3) is 0 Å². The van der Waals surface area contributed by atoms with Crippen LogP contribution < -0.4 is 10.6 Å². The number of benzene rings is 2. The van der Waals surface area contributed by atoms with Gasteiger partial charge in [0.2, 0.25) is 5.91 Å². The molecule has 2 aromatic carbocycles. The molecule has 2 amide bonds. The molecule has 1 atom stereocenters. The number of carbonyl (C=O) groups is 2. The van der Waals surface area contributed by atoms with E-state index in [0.717, 1.165) is 31.5 Å². The van der Waals surface area contributed by atoms with Crippen LogP contribution in [0.1, 0.15) is 47.6 Å². The molecule has 2 N–H and O–H groups in total. The largest absolute Gasteiger partial charge is 0.350 e. The number of amides is 2. The quantitative estimate of drug-likeness (QED) is 0.715. The van der Waals surface area contributed by atoms with Crippen LogP contribution in [0, 0.1) is 5.92 Å². The number of rotatable bonds is 7. The fourth-order valence-corrected chi connectivity index (χ4v) is 4.04. The van der Waals surface area contributed by atoms with Gasteiger partial charge in [0.05, 0.1) is 6.04 Å². The number of hydrogen-bond donors (Lipinski definition) is 2. The third-order valence-electron chi connectivity index (χ3n) is 5.61. The molecular formula is C23H26ClN3O2. The molecular weight excluding hydrogens is 386 g/mol. The van der Waals surface area contributed by atoms with Gasteiger partial charge in [-0.1, -0.05) is 29.8 Å². The molecule has 1 saturated carbocycles. The van der Waals surface area contributed by atoms with Crippen LogP contribution in [-0.2, 0) is 4.79 Å². The van der Waals surface area contributed by atoms with E-state index in [2.05, 4.69) is 21.6 Å². The normalized spacial score (nSPS) is 17.7. The van der Waals surface area contributed by atoms with Crippen LogP contribution in [-0.4, -0.2) is 36.3 Å². The second-order valence-electron chi connectivity index (χ2n) is 7.87. The predicted octanol–water partition coefficient (Wildman–Crippen LogP) is 4.26. The first-order valence-corrected chi connectivity index (χ1v) is 10.7. The van der Waals surface area contributed by atoms with Gasteiger partial charge in [0.25, 0.3) is 5.91 Å². The van der Waals surface area contributed by atoms with Gasteiger partial charge >= 0.3 is 0 Å². The maximum absolute atomic E-state index is 12.8. The van der Waals surface area contributed by atoms with Crippen molar-refractivity contribution in [1.29, 1.82) is 0 Å². The van der Waals surface area contributed by atoms with Crippen LogP contribution in [0.3, 0.4) is 0 Å². The van der Waals surface area contributed by atoms with E-state index < -0.39 is 0 Å². The van der Waals surface area contributed by atoms with Crippen molar-refractivity contribution in [1.82, 2.24) is 10.2 Å². The molecule has 2 aromatic rings. The van der Waals surface area contributed by atoms with Crippen molar-refractivity contribution in [3.05, 3.63) is 64.7 Å². The highest BCUT2D eigenvalue weighted by Crippen LogP contribution is 2.30. The second-order valence-corrected chi connectivity index (χ2v) is 8.30. The third kappa shape index (κ3) is 5.17. The van der Waals surface area contributed by atoms with Crippen LogP contribution >= 0.6 is 11.6 Å². The fraction of sp³-hybridized carbons (Fsp3) is 0.391. The zero-order valence-corrected chi connectivity index (χ0v) is 17.1. The summed E-state index contributed by atoms with van der Waals surface area (Å²) in [4.78, 5) is 27.2. The van der Waals surface area contributed by atoms with E-state index in [1.807, 2.05) is 24.3 Å². The lowest BCUT2D eigenvalue weighted by Crippen LogP contribution is -2.36. The number of carbonyl (C=O) groups excluding carboxylic acids is 2.